The number of hydrogen-bond donors (Lipinski definition) is 1. The van der Waals surface area contributed by atoms with Gasteiger partial charge < -0.3 is 10.5 Å². The topological polar surface area (TPSA) is 53.1 Å². The van der Waals surface area contributed by atoms with Crippen LogP contribution < -0.4 is 5.73 Å². The van der Waals surface area contributed by atoms with Crippen LogP contribution in [0.3, 0.4) is 0 Å². The highest BCUT2D eigenvalue weighted by Crippen LogP contribution is 2.19. The van der Waals surface area contributed by atoms with Crippen molar-refractivity contribution in [3.05, 3.63) is 11.3 Å². The van der Waals surface area contributed by atoms with Crippen molar-refractivity contribution < 1.29 is 4.74 Å². The summed E-state index contributed by atoms with van der Waals surface area (Å²) in [6.07, 6.45) is 1.82. The lowest BCUT2D eigenvalue weighted by Gasteiger charge is -1.98. The molecule has 4 nitrogen and oxygen atoms in total. The quantitative estimate of drug-likeness (QED) is 0.597. The van der Waals surface area contributed by atoms with E-state index in [1.54, 1.807) is 0 Å². The van der Waals surface area contributed by atoms with Gasteiger partial charge in [0.2, 0.25) is 0 Å². The third-order valence-corrected chi connectivity index (χ3v) is 2.29. The van der Waals surface area contributed by atoms with Gasteiger partial charge in [-0.05, 0) is 0 Å². The van der Waals surface area contributed by atoms with Crippen LogP contribution in [0.15, 0.2) is 0 Å². The molecule has 12 heavy (non-hydrogen) atoms. The van der Waals surface area contributed by atoms with Gasteiger partial charge in [-0.2, -0.15) is 5.10 Å². The highest BCUT2D eigenvalue weighted by atomic mass is 16.5. The summed E-state index contributed by atoms with van der Waals surface area (Å²) in [5, 5.41) is 4.17. The molecular weight excluding hydrogens is 154 g/mol. The van der Waals surface area contributed by atoms with Gasteiger partial charge in [0.05, 0.1) is 13.2 Å². The van der Waals surface area contributed by atoms with E-state index in [-0.39, 0.29) is 0 Å². The SMILES string of the molecule is Cn1nc(N)c2c1CCOCC2. The summed E-state index contributed by atoms with van der Waals surface area (Å²) in [7, 11) is 1.93. The summed E-state index contributed by atoms with van der Waals surface area (Å²) in [5.74, 6) is 0.665. The zero-order valence-electron chi connectivity index (χ0n) is 7.21. The van der Waals surface area contributed by atoms with E-state index in [2.05, 4.69) is 5.10 Å². The van der Waals surface area contributed by atoms with Gasteiger partial charge in [0.15, 0.2) is 0 Å². The Labute approximate surface area is 71.3 Å². The second-order valence-electron chi connectivity index (χ2n) is 3.05. The lowest BCUT2D eigenvalue weighted by Crippen LogP contribution is -2.02. The van der Waals surface area contributed by atoms with Crippen molar-refractivity contribution in [2.75, 3.05) is 18.9 Å². The maximum absolute atomic E-state index is 5.74. The van der Waals surface area contributed by atoms with Gasteiger partial charge >= 0.3 is 0 Å². The van der Waals surface area contributed by atoms with Crippen molar-refractivity contribution in [2.24, 2.45) is 7.05 Å². The van der Waals surface area contributed by atoms with Crippen LogP contribution >= 0.6 is 0 Å². The number of hydrogen-bond acceptors (Lipinski definition) is 3. The van der Waals surface area contributed by atoms with Gasteiger partial charge in [-0.3, -0.25) is 4.68 Å². The zero-order valence-corrected chi connectivity index (χ0v) is 7.21. The molecule has 0 saturated carbocycles. The maximum Gasteiger partial charge on any atom is 0.149 e. The minimum atomic E-state index is 0.665. The highest BCUT2D eigenvalue weighted by Gasteiger charge is 2.15. The van der Waals surface area contributed by atoms with E-state index in [0.717, 1.165) is 26.1 Å². The second-order valence-corrected chi connectivity index (χ2v) is 3.05. The Hall–Kier alpha value is -1.03. The maximum atomic E-state index is 5.74. The average Bonchev–Trinajstić information content (AvgIpc) is 2.29. The van der Waals surface area contributed by atoms with Gasteiger partial charge in [-0.1, -0.05) is 0 Å². The number of fused-ring (bicyclic) bond motifs is 1. The zero-order chi connectivity index (χ0) is 8.55. The molecule has 0 unspecified atom stereocenters. The molecule has 0 radical (unpaired) electrons. The molecule has 1 aromatic rings. The van der Waals surface area contributed by atoms with Crippen molar-refractivity contribution in [2.45, 2.75) is 12.8 Å². The van der Waals surface area contributed by atoms with Crippen LogP contribution in [0.1, 0.15) is 11.3 Å². The van der Waals surface area contributed by atoms with Crippen LogP contribution in [0.5, 0.6) is 0 Å². The smallest absolute Gasteiger partial charge is 0.149 e. The third-order valence-electron chi connectivity index (χ3n) is 2.29. The molecule has 0 aromatic carbocycles. The van der Waals surface area contributed by atoms with Crippen LogP contribution in [-0.4, -0.2) is 23.0 Å². The molecule has 66 valence electrons. The van der Waals surface area contributed by atoms with E-state index in [0.29, 0.717) is 5.82 Å². The Morgan fingerprint density at radius 1 is 1.42 bits per heavy atom. The van der Waals surface area contributed by atoms with E-state index in [1.165, 1.54) is 11.3 Å². The van der Waals surface area contributed by atoms with Gasteiger partial charge in [0, 0.05) is 31.1 Å². The summed E-state index contributed by atoms with van der Waals surface area (Å²) in [5.41, 5.74) is 8.15. The number of aromatic nitrogens is 2. The average molecular weight is 167 g/mol. The minimum Gasteiger partial charge on any atom is -0.382 e. The minimum absolute atomic E-state index is 0.665. The molecule has 2 rings (SSSR count). The van der Waals surface area contributed by atoms with E-state index < -0.39 is 0 Å². The summed E-state index contributed by atoms with van der Waals surface area (Å²) < 4.78 is 7.21. The fraction of sp³-hybridized carbons (Fsp3) is 0.625. The first kappa shape index (κ1) is 7.61. The number of rotatable bonds is 0. The van der Waals surface area contributed by atoms with Crippen molar-refractivity contribution >= 4 is 5.82 Å². The van der Waals surface area contributed by atoms with Gasteiger partial charge in [0.1, 0.15) is 5.82 Å². The Morgan fingerprint density at radius 2 is 2.17 bits per heavy atom. The van der Waals surface area contributed by atoms with E-state index in [4.69, 9.17) is 10.5 Å². The number of aryl methyl sites for hydroxylation is 1. The number of nitrogen functional groups attached to an aromatic ring is 1. The Morgan fingerprint density at radius 3 is 3.00 bits per heavy atom. The molecule has 2 heterocycles. The first-order valence-corrected chi connectivity index (χ1v) is 4.17. The standard InChI is InChI=1S/C8H13N3O/c1-11-7-3-5-12-4-2-6(7)8(9)10-11/h2-5H2,1H3,(H2,9,10). The molecule has 0 aliphatic carbocycles. The molecule has 0 amide bonds. The van der Waals surface area contributed by atoms with Crippen molar-refractivity contribution in [1.29, 1.82) is 0 Å². The first-order chi connectivity index (χ1) is 5.79. The van der Waals surface area contributed by atoms with E-state index in [9.17, 15) is 0 Å². The van der Waals surface area contributed by atoms with Crippen LogP contribution in [0.2, 0.25) is 0 Å². The summed E-state index contributed by atoms with van der Waals surface area (Å²) in [6, 6.07) is 0. The molecule has 0 fully saturated rings. The van der Waals surface area contributed by atoms with E-state index in [1.807, 2.05) is 11.7 Å². The molecule has 4 heteroatoms. The van der Waals surface area contributed by atoms with Crippen molar-refractivity contribution in [3.8, 4) is 0 Å². The first-order valence-electron chi connectivity index (χ1n) is 4.17. The van der Waals surface area contributed by atoms with Gasteiger partial charge in [-0.25, -0.2) is 0 Å². The number of nitrogens with two attached hydrogens (primary N) is 1. The molecule has 1 aromatic heterocycles. The predicted octanol–water partition coefficient (Wildman–Crippen LogP) is 0.117. The summed E-state index contributed by atoms with van der Waals surface area (Å²) in [6.45, 7) is 1.55. The van der Waals surface area contributed by atoms with Crippen LogP contribution in [0, 0.1) is 0 Å². The molecule has 2 N–H and O–H groups in total. The van der Waals surface area contributed by atoms with Crippen LogP contribution in [0.25, 0.3) is 0 Å². The lowest BCUT2D eigenvalue weighted by molar-refractivity contribution is 0.145. The molecule has 0 atom stereocenters. The second kappa shape index (κ2) is 2.79. The summed E-state index contributed by atoms with van der Waals surface area (Å²) in [4.78, 5) is 0. The summed E-state index contributed by atoms with van der Waals surface area (Å²) >= 11 is 0. The highest BCUT2D eigenvalue weighted by molar-refractivity contribution is 5.43. The normalized spacial score (nSPS) is 17.1. The molecule has 0 saturated heterocycles. The number of nitrogens with zero attached hydrogens (tertiary/aromatic N) is 2. The molecule has 0 spiro atoms. The predicted molar refractivity (Wildman–Crippen MR) is 45.8 cm³/mol. The largest absolute Gasteiger partial charge is 0.382 e. The van der Waals surface area contributed by atoms with Crippen molar-refractivity contribution in [3.63, 3.8) is 0 Å². The van der Waals surface area contributed by atoms with Crippen LogP contribution in [0.4, 0.5) is 5.82 Å². The molecular formula is C8H13N3O. The van der Waals surface area contributed by atoms with Gasteiger partial charge in [-0.15, -0.1) is 0 Å². The van der Waals surface area contributed by atoms with Crippen molar-refractivity contribution in [1.82, 2.24) is 9.78 Å². The molecule has 1 aliphatic rings. The molecule has 0 bridgehead atoms. The molecule has 1 aliphatic heterocycles. The Kier molecular flexibility index (Phi) is 1.77. The van der Waals surface area contributed by atoms with Crippen LogP contribution in [-0.2, 0) is 24.6 Å². The van der Waals surface area contributed by atoms with E-state index >= 15 is 0 Å². The number of ether oxygens (including phenoxy) is 1. The fourth-order valence-electron chi connectivity index (χ4n) is 1.66. The van der Waals surface area contributed by atoms with Gasteiger partial charge in [0.25, 0.3) is 0 Å². The third kappa shape index (κ3) is 1.08. The fourth-order valence-corrected chi connectivity index (χ4v) is 1.66. The Bertz CT molecular complexity index is 266. The monoisotopic (exact) mass is 167 g/mol. The Balaban J connectivity index is 2.44. The lowest BCUT2D eigenvalue weighted by atomic mass is 10.1. The number of anilines is 1.